The van der Waals surface area contributed by atoms with Crippen LogP contribution in [-0.2, 0) is 32.7 Å². The fourth-order valence-corrected chi connectivity index (χ4v) is 12.3. The zero-order chi connectivity index (χ0) is 66.2. The SMILES string of the molecule is CC/C=C\C/C=C\C/C=C\C/C=C\C/C=C\C/C=C\CCCCCCCCCCCCCCCCCCCCC(=O)OC(COC(=O)CCCCCCCCCCCCCCCCCCCCCCCCCCCCCCCC)COP(=O)([O-])OCC[N+](C)(C)C. The highest BCUT2D eigenvalue weighted by atomic mass is 31.2. The van der Waals surface area contributed by atoms with Gasteiger partial charge in [0.15, 0.2) is 6.10 Å². The van der Waals surface area contributed by atoms with E-state index in [0.717, 1.165) is 77.0 Å². The van der Waals surface area contributed by atoms with Gasteiger partial charge in [-0.1, -0.05) is 376 Å². The number of hydrogen-bond donors (Lipinski definition) is 0. The topological polar surface area (TPSA) is 111 Å². The first-order chi connectivity index (χ1) is 44.5. The van der Waals surface area contributed by atoms with Crippen LogP contribution in [0.3, 0.4) is 0 Å². The molecule has 0 rings (SSSR count). The van der Waals surface area contributed by atoms with Crippen LogP contribution in [0.2, 0.25) is 0 Å². The number of phosphoric ester groups is 1. The summed E-state index contributed by atoms with van der Waals surface area (Å²) in [6.45, 7) is 4.20. The Morgan fingerprint density at radius 3 is 0.934 bits per heavy atom. The minimum absolute atomic E-state index is 0.0293. The van der Waals surface area contributed by atoms with Gasteiger partial charge < -0.3 is 27.9 Å². The number of likely N-dealkylation sites (N-methyl/N-ethyl adjacent to an activating group) is 1. The van der Waals surface area contributed by atoms with Crippen LogP contribution in [0, 0.1) is 0 Å². The largest absolute Gasteiger partial charge is 0.756 e. The fourth-order valence-electron chi connectivity index (χ4n) is 11.5. The smallest absolute Gasteiger partial charge is 0.306 e. The van der Waals surface area contributed by atoms with Crippen LogP contribution < -0.4 is 4.89 Å². The molecule has 0 aromatic carbocycles. The Morgan fingerprint density at radius 2 is 0.626 bits per heavy atom. The normalized spacial score (nSPS) is 13.4. The summed E-state index contributed by atoms with van der Waals surface area (Å²) in [5.41, 5.74) is 0. The van der Waals surface area contributed by atoms with Gasteiger partial charge in [-0.15, -0.1) is 0 Å². The van der Waals surface area contributed by atoms with Crippen molar-refractivity contribution in [2.45, 2.75) is 386 Å². The first-order valence-corrected chi connectivity index (χ1v) is 40.6. The Kier molecular flexibility index (Phi) is 69.7. The maximum atomic E-state index is 12.9. The van der Waals surface area contributed by atoms with Crippen molar-refractivity contribution in [2.24, 2.45) is 0 Å². The van der Waals surface area contributed by atoms with Crippen LogP contribution in [-0.4, -0.2) is 70.0 Å². The van der Waals surface area contributed by atoms with E-state index in [2.05, 4.69) is 86.8 Å². The second-order valence-electron chi connectivity index (χ2n) is 27.7. The van der Waals surface area contributed by atoms with Crippen molar-refractivity contribution in [3.63, 3.8) is 0 Å². The zero-order valence-corrected chi connectivity index (χ0v) is 61.7. The van der Waals surface area contributed by atoms with Crippen LogP contribution in [0.4, 0.5) is 0 Å². The van der Waals surface area contributed by atoms with Gasteiger partial charge in [-0.2, -0.15) is 0 Å². The second kappa shape index (κ2) is 71.7. The molecule has 0 heterocycles. The molecule has 0 spiro atoms. The van der Waals surface area contributed by atoms with Gasteiger partial charge >= 0.3 is 11.9 Å². The summed E-state index contributed by atoms with van der Waals surface area (Å²) in [5, 5.41) is 0. The van der Waals surface area contributed by atoms with E-state index in [9.17, 15) is 19.0 Å². The molecule has 0 saturated heterocycles. The Morgan fingerprint density at radius 1 is 0.352 bits per heavy atom. The molecule has 0 bridgehead atoms. The van der Waals surface area contributed by atoms with Crippen molar-refractivity contribution in [1.82, 2.24) is 0 Å². The third-order valence-corrected chi connectivity index (χ3v) is 18.5. The van der Waals surface area contributed by atoms with E-state index in [1.165, 1.54) is 270 Å². The van der Waals surface area contributed by atoms with Crippen molar-refractivity contribution in [2.75, 3.05) is 47.5 Å². The molecule has 2 unspecified atom stereocenters. The number of nitrogens with zero attached hydrogens (tertiary/aromatic N) is 1. The maximum Gasteiger partial charge on any atom is 0.306 e. The highest BCUT2D eigenvalue weighted by molar-refractivity contribution is 7.45. The van der Waals surface area contributed by atoms with Crippen LogP contribution in [0.15, 0.2) is 72.9 Å². The van der Waals surface area contributed by atoms with Gasteiger partial charge in [-0.25, -0.2) is 0 Å². The average molecular weight is 1300 g/mol. The summed E-state index contributed by atoms with van der Waals surface area (Å²) in [4.78, 5) is 38.2. The number of carbonyl (C=O) groups excluding carboxylic acids is 2. The molecule has 0 aliphatic carbocycles. The van der Waals surface area contributed by atoms with Crippen LogP contribution in [0.25, 0.3) is 0 Å². The van der Waals surface area contributed by atoms with Gasteiger partial charge in [0.05, 0.1) is 27.7 Å². The number of esters is 2. The van der Waals surface area contributed by atoms with Gasteiger partial charge in [0, 0.05) is 12.8 Å². The highest BCUT2D eigenvalue weighted by Crippen LogP contribution is 2.38. The van der Waals surface area contributed by atoms with E-state index in [1.807, 2.05) is 21.1 Å². The third-order valence-electron chi connectivity index (χ3n) is 17.5. The zero-order valence-electron chi connectivity index (χ0n) is 60.8. The molecule has 2 atom stereocenters. The van der Waals surface area contributed by atoms with Gasteiger partial charge in [0.25, 0.3) is 7.82 Å². The number of unbranched alkanes of at least 4 members (excludes halogenated alkanes) is 47. The Balaban J connectivity index is 3.94. The Hall–Kier alpha value is -2.55. The van der Waals surface area contributed by atoms with Crippen molar-refractivity contribution in [3.05, 3.63) is 72.9 Å². The lowest BCUT2D eigenvalue weighted by atomic mass is 10.0. The first-order valence-electron chi connectivity index (χ1n) is 39.1. The number of phosphoric acid groups is 1. The first kappa shape index (κ1) is 88.5. The molecule has 10 heteroatoms. The van der Waals surface area contributed by atoms with Gasteiger partial charge in [0.1, 0.15) is 19.8 Å². The predicted octanol–water partition coefficient (Wildman–Crippen LogP) is 25.3. The van der Waals surface area contributed by atoms with E-state index in [0.29, 0.717) is 17.4 Å². The standard InChI is InChI=1S/C81H150NO8P/c1-6-8-10-12-14-16-18-20-22-24-26-28-30-32-34-36-38-39-40-41-42-43-44-46-48-50-52-54-56-58-60-62-64-66-68-70-72-74-81(84)90-79(78-89-91(85,86)88-76-75-82(3,4)5)77-87-80(83)73-71-69-67-65-63-61-59-57-55-53-51-49-47-45-37-35-33-31-29-27-25-23-21-19-17-15-13-11-9-7-2/h8,10,14,16,20,22,26,28,32,34,38-39,79H,6-7,9,11-13,15,17-19,21,23-25,27,29-31,33,35-37,40-78H2,1-5H3/b10-8-,16-14-,22-20-,28-26-,34-32-,39-38-. The molecule has 532 valence electrons. The molecule has 0 aliphatic heterocycles. The molecule has 9 nitrogen and oxygen atoms in total. The van der Waals surface area contributed by atoms with E-state index in [4.69, 9.17) is 18.5 Å². The third kappa shape index (κ3) is 76.4. The molecule has 0 saturated carbocycles. The number of allylic oxidation sites excluding steroid dienone is 12. The quantitative estimate of drug-likeness (QED) is 0.0195. The number of quaternary nitrogens is 1. The Bertz CT molecular complexity index is 1770. The lowest BCUT2D eigenvalue weighted by molar-refractivity contribution is -0.870. The monoisotopic (exact) mass is 1300 g/mol. The van der Waals surface area contributed by atoms with Crippen molar-refractivity contribution in [3.8, 4) is 0 Å². The van der Waals surface area contributed by atoms with Crippen LogP contribution in [0.1, 0.15) is 380 Å². The summed E-state index contributed by atoms with van der Waals surface area (Å²) in [7, 11) is 1.18. The maximum absolute atomic E-state index is 12.9. The molecule has 0 amide bonds. The number of ether oxygens (including phenoxy) is 2. The molecular weight excluding hydrogens is 1150 g/mol. The molecule has 0 aromatic heterocycles. The van der Waals surface area contributed by atoms with E-state index < -0.39 is 26.5 Å². The van der Waals surface area contributed by atoms with Gasteiger partial charge in [-0.3, -0.25) is 14.2 Å². The molecule has 0 fully saturated rings. The minimum Gasteiger partial charge on any atom is -0.756 e. The molecule has 0 aliphatic rings. The Labute approximate surface area is 565 Å². The lowest BCUT2D eigenvalue weighted by Gasteiger charge is -2.28. The highest BCUT2D eigenvalue weighted by Gasteiger charge is 2.22. The molecule has 0 N–H and O–H groups in total. The fraction of sp³-hybridized carbons (Fsp3) is 0.827. The molecular formula is C81H150NO8P. The van der Waals surface area contributed by atoms with Gasteiger partial charge in [-0.05, 0) is 64.2 Å². The second-order valence-corrected chi connectivity index (χ2v) is 29.1. The van der Waals surface area contributed by atoms with E-state index in [1.54, 1.807) is 0 Å². The van der Waals surface area contributed by atoms with Crippen LogP contribution in [0.5, 0.6) is 0 Å². The van der Waals surface area contributed by atoms with Crippen molar-refractivity contribution in [1.29, 1.82) is 0 Å². The van der Waals surface area contributed by atoms with Crippen molar-refractivity contribution >= 4 is 19.8 Å². The summed E-state index contributed by atoms with van der Waals surface area (Å²) in [6.07, 6.45) is 97.3. The lowest BCUT2D eigenvalue weighted by Crippen LogP contribution is -2.37. The molecule has 91 heavy (non-hydrogen) atoms. The predicted molar refractivity (Wildman–Crippen MR) is 393 cm³/mol. The summed E-state index contributed by atoms with van der Waals surface area (Å²) in [6, 6.07) is 0. The minimum atomic E-state index is -4.64. The number of hydrogen-bond acceptors (Lipinski definition) is 8. The number of rotatable bonds is 73. The molecule has 0 aromatic rings. The summed E-state index contributed by atoms with van der Waals surface area (Å²) >= 11 is 0. The summed E-state index contributed by atoms with van der Waals surface area (Å²) in [5.74, 6) is -0.812. The van der Waals surface area contributed by atoms with Gasteiger partial charge in [0.2, 0.25) is 0 Å². The van der Waals surface area contributed by atoms with Crippen molar-refractivity contribution < 1.29 is 42.1 Å². The average Bonchev–Trinajstić information content (AvgIpc) is 3.69. The van der Waals surface area contributed by atoms with Crippen LogP contribution >= 0.6 is 7.82 Å². The van der Waals surface area contributed by atoms with E-state index in [-0.39, 0.29) is 32.0 Å². The molecule has 0 radical (unpaired) electrons. The summed E-state index contributed by atoms with van der Waals surface area (Å²) < 4.78 is 34.4. The number of carbonyl (C=O) groups is 2. The van der Waals surface area contributed by atoms with E-state index >= 15 is 0 Å².